The molecule has 0 aromatic carbocycles. The van der Waals surface area contributed by atoms with Gasteiger partial charge in [0.1, 0.15) is 5.65 Å². The van der Waals surface area contributed by atoms with Gasteiger partial charge in [-0.15, -0.1) is 12.4 Å². The molecule has 3 nitrogen and oxygen atoms in total. The molecule has 1 saturated carbocycles. The number of imidazole rings is 1. The van der Waals surface area contributed by atoms with E-state index < -0.39 is 0 Å². The van der Waals surface area contributed by atoms with Crippen LogP contribution in [0.2, 0.25) is 0 Å². The maximum Gasteiger partial charge on any atom is 0.136 e. The maximum atomic E-state index is 4.36. The molecule has 0 bridgehead atoms. The number of aromatic nitrogens is 2. The van der Waals surface area contributed by atoms with Crippen molar-refractivity contribution in [1.29, 1.82) is 0 Å². The Balaban J connectivity index is 0.000000963. The highest BCUT2D eigenvalue weighted by molar-refractivity contribution is 5.85. The van der Waals surface area contributed by atoms with Gasteiger partial charge in [-0.2, -0.15) is 0 Å². The fourth-order valence-electron chi connectivity index (χ4n) is 1.96. The van der Waals surface area contributed by atoms with E-state index in [0.717, 1.165) is 24.2 Å². The van der Waals surface area contributed by atoms with E-state index in [0.29, 0.717) is 0 Å². The summed E-state index contributed by atoms with van der Waals surface area (Å²) in [6.45, 7) is 3.20. The first-order valence-electron chi connectivity index (χ1n) is 5.49. The van der Waals surface area contributed by atoms with E-state index in [1.807, 2.05) is 24.4 Å². The van der Waals surface area contributed by atoms with E-state index in [-0.39, 0.29) is 12.4 Å². The van der Waals surface area contributed by atoms with Gasteiger partial charge in [0.2, 0.25) is 0 Å². The topological polar surface area (TPSA) is 29.3 Å². The summed E-state index contributed by atoms with van der Waals surface area (Å²) in [6, 6.07) is 6.81. The Hall–Kier alpha value is -1.06. The highest BCUT2D eigenvalue weighted by atomic mass is 35.5. The summed E-state index contributed by atoms with van der Waals surface area (Å²) in [7, 11) is 0. The molecular weight excluding hydrogens is 222 g/mol. The summed E-state index contributed by atoms with van der Waals surface area (Å²) in [5.41, 5.74) is 2.27. The Morgan fingerprint density at radius 1 is 1.50 bits per heavy atom. The molecule has 2 aromatic heterocycles. The molecule has 1 aliphatic carbocycles. The largest absolute Gasteiger partial charge is 0.308 e. The number of nitrogens with zero attached hydrogens (tertiary/aromatic N) is 2. The molecule has 0 radical (unpaired) electrons. The van der Waals surface area contributed by atoms with Gasteiger partial charge in [-0.05, 0) is 24.5 Å². The second-order valence-corrected chi connectivity index (χ2v) is 4.38. The summed E-state index contributed by atoms with van der Waals surface area (Å²) in [4.78, 5) is 4.36. The van der Waals surface area contributed by atoms with Gasteiger partial charge in [0.15, 0.2) is 0 Å². The van der Waals surface area contributed by atoms with Crippen molar-refractivity contribution in [3.8, 4) is 0 Å². The van der Waals surface area contributed by atoms with Crippen LogP contribution in [0.5, 0.6) is 0 Å². The van der Waals surface area contributed by atoms with Gasteiger partial charge < -0.3 is 9.72 Å². The molecule has 1 fully saturated rings. The van der Waals surface area contributed by atoms with Crippen molar-refractivity contribution >= 4 is 18.1 Å². The first-order valence-corrected chi connectivity index (χ1v) is 5.49. The Labute approximate surface area is 101 Å². The van der Waals surface area contributed by atoms with Gasteiger partial charge in [0.05, 0.1) is 11.9 Å². The minimum Gasteiger partial charge on any atom is -0.308 e. The van der Waals surface area contributed by atoms with Crippen LogP contribution >= 0.6 is 12.4 Å². The SMILES string of the molecule is CC1CC1NCc1cnc2ccccn12.Cl. The summed E-state index contributed by atoms with van der Waals surface area (Å²) >= 11 is 0. The predicted molar refractivity (Wildman–Crippen MR) is 66.8 cm³/mol. The van der Waals surface area contributed by atoms with Crippen LogP contribution in [0.4, 0.5) is 0 Å². The average molecular weight is 238 g/mol. The molecule has 16 heavy (non-hydrogen) atoms. The summed E-state index contributed by atoms with van der Waals surface area (Å²) in [6.07, 6.45) is 5.34. The van der Waals surface area contributed by atoms with E-state index in [1.54, 1.807) is 0 Å². The maximum absolute atomic E-state index is 4.36. The smallest absolute Gasteiger partial charge is 0.136 e. The van der Waals surface area contributed by atoms with E-state index in [4.69, 9.17) is 0 Å². The van der Waals surface area contributed by atoms with Gasteiger partial charge in [-0.25, -0.2) is 4.98 Å². The Bertz CT molecular complexity index is 480. The molecule has 1 aliphatic rings. The minimum atomic E-state index is 0. The van der Waals surface area contributed by atoms with Gasteiger partial charge in [0, 0.05) is 18.8 Å². The van der Waals surface area contributed by atoms with Crippen molar-refractivity contribution in [3.05, 3.63) is 36.3 Å². The van der Waals surface area contributed by atoms with Crippen LogP contribution < -0.4 is 5.32 Å². The first-order chi connectivity index (χ1) is 7.34. The monoisotopic (exact) mass is 237 g/mol. The Morgan fingerprint density at radius 2 is 2.31 bits per heavy atom. The molecule has 2 heterocycles. The number of pyridine rings is 1. The van der Waals surface area contributed by atoms with Crippen LogP contribution in [0.1, 0.15) is 19.0 Å². The number of nitrogens with one attached hydrogen (secondary N) is 1. The Kier molecular flexibility index (Phi) is 3.17. The van der Waals surface area contributed by atoms with E-state index in [1.165, 1.54) is 12.1 Å². The summed E-state index contributed by atoms with van der Waals surface area (Å²) in [5.74, 6) is 0.851. The molecule has 2 unspecified atom stereocenters. The zero-order chi connectivity index (χ0) is 10.3. The lowest BCUT2D eigenvalue weighted by atomic mass is 10.4. The lowest BCUT2D eigenvalue weighted by molar-refractivity contribution is 0.639. The molecule has 0 spiro atoms. The fraction of sp³-hybridized carbons (Fsp3) is 0.417. The van der Waals surface area contributed by atoms with Gasteiger partial charge >= 0.3 is 0 Å². The van der Waals surface area contributed by atoms with Crippen LogP contribution in [0, 0.1) is 5.92 Å². The average Bonchev–Trinajstić information content (AvgIpc) is 2.81. The van der Waals surface area contributed by atoms with Crippen molar-refractivity contribution in [2.24, 2.45) is 5.92 Å². The highest BCUT2D eigenvalue weighted by Crippen LogP contribution is 2.29. The van der Waals surface area contributed by atoms with Crippen molar-refractivity contribution in [1.82, 2.24) is 14.7 Å². The van der Waals surface area contributed by atoms with Gasteiger partial charge in [-0.3, -0.25) is 0 Å². The van der Waals surface area contributed by atoms with Gasteiger partial charge in [0.25, 0.3) is 0 Å². The third-order valence-electron chi connectivity index (χ3n) is 3.15. The number of rotatable bonds is 3. The third kappa shape index (κ3) is 2.06. The van der Waals surface area contributed by atoms with Crippen molar-refractivity contribution in [2.45, 2.75) is 25.9 Å². The summed E-state index contributed by atoms with van der Waals surface area (Å²) < 4.78 is 2.14. The van der Waals surface area contributed by atoms with Crippen molar-refractivity contribution in [2.75, 3.05) is 0 Å². The second-order valence-electron chi connectivity index (χ2n) is 4.38. The molecular formula is C12H16ClN3. The van der Waals surface area contributed by atoms with Crippen LogP contribution in [0.3, 0.4) is 0 Å². The first kappa shape index (κ1) is 11.4. The van der Waals surface area contributed by atoms with Crippen molar-refractivity contribution in [3.63, 3.8) is 0 Å². The lowest BCUT2D eigenvalue weighted by Gasteiger charge is -2.02. The number of halogens is 1. The lowest BCUT2D eigenvalue weighted by Crippen LogP contribution is -2.18. The minimum absolute atomic E-state index is 0. The summed E-state index contributed by atoms with van der Waals surface area (Å²) in [5, 5.41) is 3.54. The number of hydrogen-bond acceptors (Lipinski definition) is 2. The van der Waals surface area contributed by atoms with Crippen LogP contribution in [0.25, 0.3) is 5.65 Å². The molecule has 4 heteroatoms. The number of hydrogen-bond donors (Lipinski definition) is 1. The van der Waals surface area contributed by atoms with Crippen molar-refractivity contribution < 1.29 is 0 Å². The normalized spacial score (nSPS) is 23.1. The van der Waals surface area contributed by atoms with E-state index >= 15 is 0 Å². The van der Waals surface area contributed by atoms with Crippen LogP contribution in [0.15, 0.2) is 30.6 Å². The van der Waals surface area contributed by atoms with Crippen LogP contribution in [-0.4, -0.2) is 15.4 Å². The molecule has 86 valence electrons. The molecule has 2 atom stereocenters. The molecule has 2 aromatic rings. The van der Waals surface area contributed by atoms with Crippen LogP contribution in [-0.2, 0) is 6.54 Å². The van der Waals surface area contributed by atoms with Gasteiger partial charge in [-0.1, -0.05) is 13.0 Å². The fourth-order valence-corrected chi connectivity index (χ4v) is 1.96. The zero-order valence-electron chi connectivity index (χ0n) is 9.26. The molecule has 1 N–H and O–H groups in total. The Morgan fingerprint density at radius 3 is 3.06 bits per heavy atom. The molecule has 0 aliphatic heterocycles. The van der Waals surface area contributed by atoms with E-state index in [9.17, 15) is 0 Å². The quantitative estimate of drug-likeness (QED) is 0.888. The molecule has 0 amide bonds. The van der Waals surface area contributed by atoms with E-state index in [2.05, 4.69) is 27.8 Å². The predicted octanol–water partition coefficient (Wildman–Crippen LogP) is 2.25. The molecule has 3 rings (SSSR count). The highest BCUT2D eigenvalue weighted by Gasteiger charge is 2.31. The molecule has 0 saturated heterocycles. The third-order valence-corrected chi connectivity index (χ3v) is 3.15. The standard InChI is InChI=1S/C12H15N3.ClH/c1-9-6-11(9)13-7-10-8-14-12-4-2-3-5-15(10)12;/h2-5,8-9,11,13H,6-7H2,1H3;1H. The zero-order valence-corrected chi connectivity index (χ0v) is 10.1. The number of fused-ring (bicyclic) bond motifs is 1. The second kappa shape index (κ2) is 4.44.